The molecule has 0 saturated carbocycles. The summed E-state index contributed by atoms with van der Waals surface area (Å²) in [6.45, 7) is 3.76. The van der Waals surface area contributed by atoms with E-state index in [2.05, 4.69) is 20.9 Å². The molecule has 26 heavy (non-hydrogen) atoms. The van der Waals surface area contributed by atoms with E-state index in [1.807, 2.05) is 13.8 Å². The highest BCUT2D eigenvalue weighted by atomic mass is 19.4. The van der Waals surface area contributed by atoms with Crippen LogP contribution in [0.25, 0.3) is 11.0 Å². The monoisotopic (exact) mass is 363 g/mol. The van der Waals surface area contributed by atoms with Gasteiger partial charge in [0.15, 0.2) is 5.65 Å². The van der Waals surface area contributed by atoms with E-state index in [1.54, 1.807) is 17.8 Å². The molecule has 0 radical (unpaired) electrons. The summed E-state index contributed by atoms with van der Waals surface area (Å²) in [6, 6.07) is 5.92. The predicted octanol–water partition coefficient (Wildman–Crippen LogP) is 3.36. The molecule has 2 N–H and O–H groups in total. The number of benzene rings is 1. The van der Waals surface area contributed by atoms with Crippen molar-refractivity contribution in [1.82, 2.24) is 20.2 Å². The maximum Gasteiger partial charge on any atom is 0.416 e. The Hall–Kier alpha value is -3.10. The largest absolute Gasteiger partial charge is 0.416 e. The number of halogens is 3. The zero-order chi connectivity index (χ0) is 19.1. The molecule has 2 aromatic heterocycles. The van der Waals surface area contributed by atoms with E-state index in [0.29, 0.717) is 11.5 Å². The fourth-order valence-corrected chi connectivity index (χ4v) is 2.75. The van der Waals surface area contributed by atoms with Crippen LogP contribution in [0.4, 0.5) is 19.0 Å². The van der Waals surface area contributed by atoms with E-state index >= 15 is 0 Å². The van der Waals surface area contributed by atoms with Crippen molar-refractivity contribution in [3.05, 3.63) is 52.7 Å². The van der Waals surface area contributed by atoms with Crippen LogP contribution in [-0.4, -0.2) is 20.7 Å². The number of rotatable bonds is 3. The smallest absolute Gasteiger partial charge is 0.282 e. The molecule has 3 rings (SSSR count). The van der Waals surface area contributed by atoms with Gasteiger partial charge in [0.05, 0.1) is 11.3 Å². The van der Waals surface area contributed by atoms with Gasteiger partial charge in [-0.05, 0) is 43.7 Å². The highest BCUT2D eigenvalue weighted by molar-refractivity contribution is 5.95. The summed E-state index contributed by atoms with van der Waals surface area (Å²) >= 11 is 0. The lowest BCUT2D eigenvalue weighted by atomic mass is 10.1. The number of hydrazine groups is 1. The standard InChI is InChI=1S/C17H16F3N5O/c1-9-7-13(21-15-14(9)10(2)24-25(15)3)22-23-16(26)11-5-4-6-12(8-11)17(18,19)20/h4-8H,1-3H3,(H,21,22)(H,23,26). The minimum Gasteiger partial charge on any atom is -0.282 e. The minimum atomic E-state index is -4.51. The van der Waals surface area contributed by atoms with Gasteiger partial charge < -0.3 is 0 Å². The van der Waals surface area contributed by atoms with Crippen molar-refractivity contribution in [2.45, 2.75) is 20.0 Å². The third kappa shape index (κ3) is 3.32. The van der Waals surface area contributed by atoms with Gasteiger partial charge in [0.25, 0.3) is 5.91 Å². The Kier molecular flexibility index (Phi) is 4.31. The molecule has 0 aliphatic heterocycles. The fourth-order valence-electron chi connectivity index (χ4n) is 2.75. The Morgan fingerprint density at radius 1 is 1.19 bits per heavy atom. The van der Waals surface area contributed by atoms with E-state index in [9.17, 15) is 18.0 Å². The maximum atomic E-state index is 12.7. The molecule has 2 heterocycles. The highest BCUT2D eigenvalue weighted by Gasteiger charge is 2.30. The Labute approximate surface area is 147 Å². The SMILES string of the molecule is Cc1cc(NNC(=O)c2cccc(C(F)(F)F)c2)nc2c1c(C)nn2C. The number of hydrogen-bond donors (Lipinski definition) is 2. The number of hydrogen-bond acceptors (Lipinski definition) is 4. The van der Waals surface area contributed by atoms with Crippen LogP contribution in [-0.2, 0) is 13.2 Å². The van der Waals surface area contributed by atoms with Gasteiger partial charge in [0, 0.05) is 18.0 Å². The molecule has 0 aliphatic carbocycles. The summed E-state index contributed by atoms with van der Waals surface area (Å²) in [5, 5.41) is 5.22. The van der Waals surface area contributed by atoms with Gasteiger partial charge in [-0.1, -0.05) is 6.07 Å². The van der Waals surface area contributed by atoms with Gasteiger partial charge in [0.2, 0.25) is 0 Å². The van der Waals surface area contributed by atoms with Gasteiger partial charge >= 0.3 is 6.18 Å². The Morgan fingerprint density at radius 3 is 2.62 bits per heavy atom. The third-order valence-electron chi connectivity index (χ3n) is 3.92. The summed E-state index contributed by atoms with van der Waals surface area (Å²) in [6.07, 6.45) is -4.51. The molecule has 0 bridgehead atoms. The minimum absolute atomic E-state index is 0.110. The van der Waals surface area contributed by atoms with Crippen molar-refractivity contribution < 1.29 is 18.0 Å². The number of aryl methyl sites for hydroxylation is 3. The second kappa shape index (κ2) is 6.32. The summed E-state index contributed by atoms with van der Waals surface area (Å²) in [7, 11) is 1.76. The molecular formula is C17H16F3N5O. The molecule has 136 valence electrons. The number of amides is 1. The van der Waals surface area contributed by atoms with Crippen molar-refractivity contribution in [2.75, 3.05) is 5.43 Å². The molecule has 0 saturated heterocycles. The average molecular weight is 363 g/mol. The van der Waals surface area contributed by atoms with Crippen molar-refractivity contribution in [3.8, 4) is 0 Å². The van der Waals surface area contributed by atoms with Gasteiger partial charge in [-0.2, -0.15) is 18.3 Å². The van der Waals surface area contributed by atoms with Crippen LogP contribution in [0.3, 0.4) is 0 Å². The van der Waals surface area contributed by atoms with Crippen LogP contribution in [0.5, 0.6) is 0 Å². The lowest BCUT2D eigenvalue weighted by Gasteiger charge is -2.11. The third-order valence-corrected chi connectivity index (χ3v) is 3.92. The van der Waals surface area contributed by atoms with E-state index in [0.717, 1.165) is 28.8 Å². The van der Waals surface area contributed by atoms with Crippen LogP contribution >= 0.6 is 0 Å². The lowest BCUT2D eigenvalue weighted by molar-refractivity contribution is -0.137. The van der Waals surface area contributed by atoms with Crippen molar-refractivity contribution in [1.29, 1.82) is 0 Å². The summed E-state index contributed by atoms with van der Waals surface area (Å²) in [5.74, 6) is -0.338. The van der Waals surface area contributed by atoms with Crippen LogP contribution in [0, 0.1) is 13.8 Å². The molecule has 1 aromatic carbocycles. The fraction of sp³-hybridized carbons (Fsp3) is 0.235. The number of carbonyl (C=O) groups is 1. The zero-order valence-electron chi connectivity index (χ0n) is 14.3. The predicted molar refractivity (Wildman–Crippen MR) is 90.5 cm³/mol. The highest BCUT2D eigenvalue weighted by Crippen LogP contribution is 2.29. The molecule has 6 nitrogen and oxygen atoms in total. The number of nitrogens with zero attached hydrogens (tertiary/aromatic N) is 3. The first kappa shape index (κ1) is 17.7. The van der Waals surface area contributed by atoms with E-state index in [4.69, 9.17) is 0 Å². The van der Waals surface area contributed by atoms with Crippen LogP contribution in [0.15, 0.2) is 30.3 Å². The van der Waals surface area contributed by atoms with Gasteiger partial charge in [-0.3, -0.25) is 20.3 Å². The Morgan fingerprint density at radius 2 is 1.92 bits per heavy atom. The van der Waals surface area contributed by atoms with Crippen molar-refractivity contribution >= 4 is 22.8 Å². The lowest BCUT2D eigenvalue weighted by Crippen LogP contribution is -2.30. The summed E-state index contributed by atoms with van der Waals surface area (Å²) < 4.78 is 39.9. The number of carbonyl (C=O) groups excluding carboxylic acids is 1. The summed E-state index contributed by atoms with van der Waals surface area (Å²) in [5.41, 5.74) is 6.40. The van der Waals surface area contributed by atoms with Crippen LogP contribution in [0.2, 0.25) is 0 Å². The van der Waals surface area contributed by atoms with Crippen LogP contribution in [0.1, 0.15) is 27.2 Å². The molecule has 0 atom stereocenters. The zero-order valence-corrected chi connectivity index (χ0v) is 14.3. The molecule has 0 fully saturated rings. The molecule has 0 unspecified atom stereocenters. The first-order chi connectivity index (χ1) is 12.2. The number of anilines is 1. The number of pyridine rings is 1. The van der Waals surface area contributed by atoms with E-state index in [1.165, 1.54) is 12.1 Å². The second-order valence-corrected chi connectivity index (χ2v) is 5.89. The first-order valence-corrected chi connectivity index (χ1v) is 7.71. The van der Waals surface area contributed by atoms with Crippen molar-refractivity contribution in [2.24, 2.45) is 7.05 Å². The molecule has 0 aliphatic rings. The topological polar surface area (TPSA) is 71.8 Å². The molecule has 9 heteroatoms. The quantitative estimate of drug-likeness (QED) is 0.700. The number of nitrogens with one attached hydrogen (secondary N) is 2. The Balaban J connectivity index is 1.80. The van der Waals surface area contributed by atoms with Gasteiger partial charge in [-0.15, -0.1) is 0 Å². The van der Waals surface area contributed by atoms with Gasteiger partial charge in [0.1, 0.15) is 5.82 Å². The normalized spacial score (nSPS) is 11.6. The van der Waals surface area contributed by atoms with Crippen LogP contribution < -0.4 is 10.9 Å². The number of aromatic nitrogens is 3. The first-order valence-electron chi connectivity index (χ1n) is 7.71. The molecule has 0 spiro atoms. The summed E-state index contributed by atoms with van der Waals surface area (Å²) in [4.78, 5) is 16.5. The van der Waals surface area contributed by atoms with Gasteiger partial charge in [-0.25, -0.2) is 4.98 Å². The molecular weight excluding hydrogens is 347 g/mol. The van der Waals surface area contributed by atoms with E-state index in [-0.39, 0.29) is 5.56 Å². The van der Waals surface area contributed by atoms with E-state index < -0.39 is 17.6 Å². The number of alkyl halides is 3. The molecule has 1 amide bonds. The Bertz CT molecular complexity index is 994. The van der Waals surface area contributed by atoms with Crippen molar-refractivity contribution in [3.63, 3.8) is 0 Å². The second-order valence-electron chi connectivity index (χ2n) is 5.89. The maximum absolute atomic E-state index is 12.7. The number of fused-ring (bicyclic) bond motifs is 1. The average Bonchev–Trinajstić information content (AvgIpc) is 2.86. The molecule has 3 aromatic rings.